The summed E-state index contributed by atoms with van der Waals surface area (Å²) in [6.07, 6.45) is 1.85. The lowest BCUT2D eigenvalue weighted by Crippen LogP contribution is -2.43. The minimum atomic E-state index is 0.838. The standard InChI is InChI=1S/C14H16NO2/c1-11-12(2)15(16-3)10-9-14(11)17-13-7-5-4-6-8-13/h4-10H,1-3H3/q+1. The highest BCUT2D eigenvalue weighted by molar-refractivity contribution is 5.36. The molecule has 3 nitrogen and oxygen atoms in total. The van der Waals surface area contributed by atoms with Gasteiger partial charge in [0.2, 0.25) is 11.9 Å². The van der Waals surface area contributed by atoms with Gasteiger partial charge in [-0.2, -0.15) is 0 Å². The van der Waals surface area contributed by atoms with Gasteiger partial charge in [-0.25, -0.2) is 0 Å². The molecule has 0 atom stereocenters. The zero-order valence-electron chi connectivity index (χ0n) is 10.3. The summed E-state index contributed by atoms with van der Waals surface area (Å²) in [5.74, 6) is 1.69. The number of benzene rings is 1. The van der Waals surface area contributed by atoms with Crippen LogP contribution in [0.5, 0.6) is 11.5 Å². The fourth-order valence-electron chi connectivity index (χ4n) is 1.64. The average molecular weight is 230 g/mol. The molecule has 17 heavy (non-hydrogen) atoms. The number of ether oxygens (including phenoxy) is 1. The minimum Gasteiger partial charge on any atom is -0.457 e. The molecule has 0 N–H and O–H groups in total. The summed E-state index contributed by atoms with van der Waals surface area (Å²) >= 11 is 0. The Bertz CT molecular complexity index is 509. The van der Waals surface area contributed by atoms with Crippen molar-refractivity contribution in [2.24, 2.45) is 0 Å². The molecule has 2 rings (SSSR count). The summed E-state index contributed by atoms with van der Waals surface area (Å²) in [7, 11) is 1.64. The van der Waals surface area contributed by atoms with Crippen LogP contribution in [-0.4, -0.2) is 7.11 Å². The molecule has 0 aliphatic carbocycles. The lowest BCUT2D eigenvalue weighted by atomic mass is 10.2. The van der Waals surface area contributed by atoms with E-state index in [1.807, 2.05) is 56.4 Å². The van der Waals surface area contributed by atoms with Gasteiger partial charge in [-0.15, -0.1) is 0 Å². The summed E-state index contributed by atoms with van der Waals surface area (Å²) < 4.78 is 7.54. The molecule has 0 saturated heterocycles. The van der Waals surface area contributed by atoms with Crippen LogP contribution in [-0.2, 0) is 0 Å². The summed E-state index contributed by atoms with van der Waals surface area (Å²) in [6, 6.07) is 11.7. The Morgan fingerprint density at radius 1 is 1.00 bits per heavy atom. The first-order valence-corrected chi connectivity index (χ1v) is 5.51. The van der Waals surface area contributed by atoms with Crippen molar-refractivity contribution in [3.8, 4) is 11.5 Å². The summed E-state index contributed by atoms with van der Waals surface area (Å²) in [5, 5.41) is 0. The molecule has 88 valence electrons. The lowest BCUT2D eigenvalue weighted by molar-refractivity contribution is -0.889. The monoisotopic (exact) mass is 230 g/mol. The van der Waals surface area contributed by atoms with Crippen molar-refractivity contribution in [1.82, 2.24) is 0 Å². The Balaban J connectivity index is 2.32. The maximum atomic E-state index is 5.82. The van der Waals surface area contributed by atoms with E-state index in [4.69, 9.17) is 9.57 Å². The Labute approximate surface area is 101 Å². The summed E-state index contributed by atoms with van der Waals surface area (Å²) in [4.78, 5) is 5.19. The quantitative estimate of drug-likeness (QED) is 0.756. The second-order valence-corrected chi connectivity index (χ2v) is 3.81. The molecule has 1 aromatic heterocycles. The van der Waals surface area contributed by atoms with Crippen LogP contribution in [0.3, 0.4) is 0 Å². The van der Waals surface area contributed by atoms with Crippen LogP contribution in [0.25, 0.3) is 0 Å². The molecule has 1 aromatic carbocycles. The van der Waals surface area contributed by atoms with Crippen LogP contribution in [0.1, 0.15) is 11.3 Å². The predicted octanol–water partition coefficient (Wildman–Crippen LogP) is 2.44. The van der Waals surface area contributed by atoms with Crippen LogP contribution in [0.15, 0.2) is 42.6 Å². The first-order valence-electron chi connectivity index (χ1n) is 5.51. The molecule has 0 unspecified atom stereocenters. The van der Waals surface area contributed by atoms with E-state index in [-0.39, 0.29) is 0 Å². The highest BCUT2D eigenvalue weighted by Gasteiger charge is 2.15. The molecule has 0 aliphatic rings. The summed E-state index contributed by atoms with van der Waals surface area (Å²) in [5.41, 5.74) is 2.10. The number of rotatable bonds is 3. The van der Waals surface area contributed by atoms with Crippen molar-refractivity contribution < 1.29 is 14.3 Å². The fraction of sp³-hybridized carbons (Fsp3) is 0.214. The summed E-state index contributed by atoms with van der Waals surface area (Å²) in [6.45, 7) is 4.01. The zero-order chi connectivity index (χ0) is 12.3. The molecule has 0 radical (unpaired) electrons. The van der Waals surface area contributed by atoms with Gasteiger partial charge in [-0.3, -0.25) is 4.84 Å². The molecular formula is C14H16NO2+. The number of pyridine rings is 1. The second-order valence-electron chi connectivity index (χ2n) is 3.81. The molecule has 1 heterocycles. The smallest absolute Gasteiger partial charge is 0.237 e. The van der Waals surface area contributed by atoms with Crippen molar-refractivity contribution in [2.45, 2.75) is 13.8 Å². The van der Waals surface area contributed by atoms with Gasteiger partial charge in [-0.1, -0.05) is 18.2 Å². The molecule has 3 heteroatoms. The van der Waals surface area contributed by atoms with Crippen LogP contribution >= 0.6 is 0 Å². The highest BCUT2D eigenvalue weighted by atomic mass is 16.6. The van der Waals surface area contributed by atoms with E-state index in [0.29, 0.717) is 0 Å². The third-order valence-corrected chi connectivity index (χ3v) is 2.77. The molecular weight excluding hydrogens is 214 g/mol. The first-order chi connectivity index (χ1) is 8.22. The van der Waals surface area contributed by atoms with Gasteiger partial charge < -0.3 is 4.74 Å². The van der Waals surface area contributed by atoms with Gasteiger partial charge >= 0.3 is 0 Å². The van der Waals surface area contributed by atoms with Gasteiger partial charge in [0.1, 0.15) is 18.6 Å². The predicted molar refractivity (Wildman–Crippen MR) is 65.1 cm³/mol. The van der Waals surface area contributed by atoms with Crippen molar-refractivity contribution >= 4 is 0 Å². The van der Waals surface area contributed by atoms with Crippen LogP contribution in [0.2, 0.25) is 0 Å². The van der Waals surface area contributed by atoms with Gasteiger partial charge in [0.15, 0.2) is 0 Å². The largest absolute Gasteiger partial charge is 0.457 e. The third kappa shape index (κ3) is 2.38. The van der Waals surface area contributed by atoms with E-state index in [1.54, 1.807) is 11.8 Å². The third-order valence-electron chi connectivity index (χ3n) is 2.77. The van der Waals surface area contributed by atoms with E-state index in [9.17, 15) is 0 Å². The van der Waals surface area contributed by atoms with Crippen molar-refractivity contribution in [3.63, 3.8) is 0 Å². The molecule has 0 amide bonds. The van der Waals surface area contributed by atoms with Gasteiger partial charge in [0, 0.05) is 11.7 Å². The maximum Gasteiger partial charge on any atom is 0.237 e. The van der Waals surface area contributed by atoms with E-state index in [0.717, 1.165) is 22.8 Å². The van der Waals surface area contributed by atoms with Gasteiger partial charge in [-0.05, 0) is 19.1 Å². The number of para-hydroxylation sites is 1. The normalized spacial score (nSPS) is 10.1. The lowest BCUT2D eigenvalue weighted by Gasteiger charge is -2.08. The van der Waals surface area contributed by atoms with E-state index >= 15 is 0 Å². The topological polar surface area (TPSA) is 22.3 Å². The number of hydrogen-bond acceptors (Lipinski definition) is 2. The van der Waals surface area contributed by atoms with Crippen molar-refractivity contribution in [1.29, 1.82) is 0 Å². The highest BCUT2D eigenvalue weighted by Crippen LogP contribution is 2.24. The number of nitrogens with zero attached hydrogens (tertiary/aromatic N) is 1. The first kappa shape index (κ1) is 11.5. The van der Waals surface area contributed by atoms with Gasteiger partial charge in [0.05, 0.1) is 11.6 Å². The van der Waals surface area contributed by atoms with Crippen LogP contribution in [0.4, 0.5) is 0 Å². The van der Waals surface area contributed by atoms with E-state index < -0.39 is 0 Å². The molecule has 0 spiro atoms. The maximum absolute atomic E-state index is 5.82. The molecule has 0 aliphatic heterocycles. The Morgan fingerprint density at radius 3 is 2.35 bits per heavy atom. The fourth-order valence-corrected chi connectivity index (χ4v) is 1.64. The average Bonchev–Trinajstić information content (AvgIpc) is 2.37. The molecule has 0 fully saturated rings. The Morgan fingerprint density at radius 2 is 1.71 bits per heavy atom. The van der Waals surface area contributed by atoms with E-state index in [2.05, 4.69) is 0 Å². The molecule has 0 bridgehead atoms. The Hall–Kier alpha value is -2.03. The second kappa shape index (κ2) is 4.87. The SMILES string of the molecule is CO[n+]1ccc(Oc2ccccc2)c(C)c1C. The Kier molecular flexibility index (Phi) is 3.28. The number of hydrogen-bond donors (Lipinski definition) is 0. The van der Waals surface area contributed by atoms with Gasteiger partial charge in [0.25, 0.3) is 0 Å². The molecule has 0 saturated carbocycles. The molecule has 2 aromatic rings. The van der Waals surface area contributed by atoms with E-state index in [1.165, 1.54) is 0 Å². The van der Waals surface area contributed by atoms with Crippen molar-refractivity contribution in [3.05, 3.63) is 53.9 Å². The van der Waals surface area contributed by atoms with Crippen LogP contribution in [0, 0.1) is 13.8 Å². The van der Waals surface area contributed by atoms with Crippen LogP contribution < -0.4 is 14.3 Å². The zero-order valence-corrected chi connectivity index (χ0v) is 10.3. The van der Waals surface area contributed by atoms with Crippen molar-refractivity contribution in [2.75, 3.05) is 7.11 Å². The number of aromatic nitrogens is 1. The minimum absolute atomic E-state index is 0.838.